The summed E-state index contributed by atoms with van der Waals surface area (Å²) in [6.45, 7) is 5.02. The van der Waals surface area contributed by atoms with Gasteiger partial charge in [0.05, 0.1) is 30.1 Å². The van der Waals surface area contributed by atoms with Crippen LogP contribution in [0.25, 0.3) is 0 Å². The Labute approximate surface area is 165 Å². The molecule has 140 valence electrons. The first-order chi connectivity index (χ1) is 13.2. The van der Waals surface area contributed by atoms with E-state index in [0.717, 1.165) is 48.9 Å². The molecule has 2 aliphatic heterocycles. The normalized spacial score (nSPS) is 16.5. The molecule has 0 unspecified atom stereocenters. The van der Waals surface area contributed by atoms with E-state index in [1.807, 2.05) is 35.3 Å². The zero-order chi connectivity index (χ0) is 18.8. The number of nitrogens with zero attached hydrogens (tertiary/aromatic N) is 3. The highest BCUT2D eigenvalue weighted by Crippen LogP contribution is 2.33. The maximum atomic E-state index is 6.36. The van der Waals surface area contributed by atoms with Crippen LogP contribution >= 0.6 is 11.6 Å². The Hall–Kier alpha value is -2.46. The highest BCUT2D eigenvalue weighted by atomic mass is 35.5. The first-order valence-electron chi connectivity index (χ1n) is 9.33. The Bertz CT molecular complexity index is 906. The fraction of sp³-hybridized carbons (Fsp3) is 0.318. The van der Waals surface area contributed by atoms with E-state index in [0.29, 0.717) is 0 Å². The van der Waals surface area contributed by atoms with Crippen LogP contribution in [0.5, 0.6) is 5.75 Å². The van der Waals surface area contributed by atoms with E-state index < -0.39 is 0 Å². The molecule has 2 aliphatic rings. The standard InChI is InChI=1S/C22H24ClN3O/c1-16-19-15-26(22-9-4-3-8-20(22)23)24-21(19)11-13-25(16)12-10-17-6-5-7-18(14-17)27-2/h3-9,14H,10-13,15H2,1-2H3. The minimum Gasteiger partial charge on any atom is -0.497 e. The van der Waals surface area contributed by atoms with Gasteiger partial charge in [-0.3, -0.25) is 5.01 Å². The quantitative estimate of drug-likeness (QED) is 0.748. The number of allylic oxidation sites excluding steroid dienone is 1. The third-order valence-corrected chi connectivity index (χ3v) is 5.68. The van der Waals surface area contributed by atoms with E-state index in [1.54, 1.807) is 7.11 Å². The van der Waals surface area contributed by atoms with Crippen molar-refractivity contribution in [3.8, 4) is 5.75 Å². The molecule has 2 heterocycles. The number of hydrogen-bond acceptors (Lipinski definition) is 4. The molecule has 4 nitrogen and oxygen atoms in total. The Morgan fingerprint density at radius 2 is 2.00 bits per heavy atom. The third kappa shape index (κ3) is 3.67. The average Bonchev–Trinajstić information content (AvgIpc) is 3.13. The summed E-state index contributed by atoms with van der Waals surface area (Å²) in [6.07, 6.45) is 1.98. The molecule has 0 fully saturated rings. The van der Waals surface area contributed by atoms with E-state index in [-0.39, 0.29) is 0 Å². The molecule has 0 spiro atoms. The van der Waals surface area contributed by atoms with Crippen molar-refractivity contribution in [2.24, 2.45) is 5.10 Å². The number of ether oxygens (including phenoxy) is 1. The summed E-state index contributed by atoms with van der Waals surface area (Å²) < 4.78 is 5.33. The van der Waals surface area contributed by atoms with Crippen LogP contribution in [0.3, 0.4) is 0 Å². The van der Waals surface area contributed by atoms with Crippen molar-refractivity contribution < 1.29 is 4.74 Å². The highest BCUT2D eigenvalue weighted by molar-refractivity contribution is 6.33. The smallest absolute Gasteiger partial charge is 0.119 e. The Balaban J connectivity index is 1.48. The van der Waals surface area contributed by atoms with Gasteiger partial charge in [0.15, 0.2) is 0 Å². The summed E-state index contributed by atoms with van der Waals surface area (Å²) in [4.78, 5) is 2.48. The molecule has 27 heavy (non-hydrogen) atoms. The van der Waals surface area contributed by atoms with Crippen LogP contribution in [0.4, 0.5) is 5.69 Å². The minimum absolute atomic E-state index is 0.744. The summed E-state index contributed by atoms with van der Waals surface area (Å²) in [6, 6.07) is 16.2. The second-order valence-corrected chi connectivity index (χ2v) is 7.37. The van der Waals surface area contributed by atoms with Crippen molar-refractivity contribution in [1.29, 1.82) is 0 Å². The first-order valence-corrected chi connectivity index (χ1v) is 9.71. The van der Waals surface area contributed by atoms with Crippen molar-refractivity contribution in [3.63, 3.8) is 0 Å². The summed E-state index contributed by atoms with van der Waals surface area (Å²) in [5.74, 6) is 0.918. The van der Waals surface area contributed by atoms with E-state index in [2.05, 4.69) is 30.0 Å². The SMILES string of the molecule is COc1cccc(CCN2CCC3=NN(c4ccccc4Cl)CC3=C2C)c1. The maximum absolute atomic E-state index is 6.36. The Morgan fingerprint density at radius 3 is 2.81 bits per heavy atom. The van der Waals surface area contributed by atoms with Gasteiger partial charge in [-0.05, 0) is 43.2 Å². The number of hydrogen-bond donors (Lipinski definition) is 0. The first kappa shape index (κ1) is 17.9. The lowest BCUT2D eigenvalue weighted by Crippen LogP contribution is -2.33. The molecule has 0 N–H and O–H groups in total. The zero-order valence-corrected chi connectivity index (χ0v) is 16.5. The molecule has 0 amide bonds. The molecule has 2 aromatic rings. The average molecular weight is 382 g/mol. The molecule has 0 aliphatic carbocycles. The van der Waals surface area contributed by atoms with Crippen LogP contribution in [0.2, 0.25) is 5.02 Å². The van der Waals surface area contributed by atoms with E-state index in [1.165, 1.54) is 22.5 Å². The monoisotopic (exact) mass is 381 g/mol. The Kier molecular flexibility index (Phi) is 5.08. The molecule has 2 aromatic carbocycles. The molecular weight excluding hydrogens is 358 g/mol. The van der Waals surface area contributed by atoms with Gasteiger partial charge in [-0.1, -0.05) is 35.9 Å². The molecule has 4 rings (SSSR count). The van der Waals surface area contributed by atoms with Crippen LogP contribution in [-0.2, 0) is 6.42 Å². The zero-order valence-electron chi connectivity index (χ0n) is 15.8. The summed E-state index contributed by atoms with van der Waals surface area (Å²) in [5.41, 5.74) is 6.15. The fourth-order valence-corrected chi connectivity index (χ4v) is 4.01. The van der Waals surface area contributed by atoms with Crippen molar-refractivity contribution in [3.05, 3.63) is 70.4 Å². The molecule has 0 saturated carbocycles. The summed E-state index contributed by atoms with van der Waals surface area (Å²) in [7, 11) is 1.71. The predicted octanol–water partition coefficient (Wildman–Crippen LogP) is 4.75. The van der Waals surface area contributed by atoms with Gasteiger partial charge in [0.1, 0.15) is 5.75 Å². The number of anilines is 1. The van der Waals surface area contributed by atoms with Crippen LogP contribution < -0.4 is 9.75 Å². The molecule has 0 saturated heterocycles. The molecule has 0 bridgehead atoms. The maximum Gasteiger partial charge on any atom is 0.119 e. The predicted molar refractivity (Wildman–Crippen MR) is 112 cm³/mol. The van der Waals surface area contributed by atoms with E-state index >= 15 is 0 Å². The Morgan fingerprint density at radius 1 is 1.15 bits per heavy atom. The molecule has 5 heteroatoms. The van der Waals surface area contributed by atoms with Gasteiger partial charge in [-0.15, -0.1) is 0 Å². The third-order valence-electron chi connectivity index (χ3n) is 5.36. The van der Waals surface area contributed by atoms with Crippen LogP contribution in [0.15, 0.2) is 64.9 Å². The van der Waals surface area contributed by atoms with Gasteiger partial charge < -0.3 is 9.64 Å². The van der Waals surface area contributed by atoms with Crippen LogP contribution in [-0.4, -0.2) is 37.4 Å². The molecule has 0 atom stereocenters. The number of benzene rings is 2. The second-order valence-electron chi connectivity index (χ2n) is 6.96. The summed E-state index contributed by atoms with van der Waals surface area (Å²) >= 11 is 6.36. The number of methoxy groups -OCH3 is 1. The minimum atomic E-state index is 0.744. The summed E-state index contributed by atoms with van der Waals surface area (Å²) in [5, 5.41) is 7.61. The second kappa shape index (κ2) is 7.65. The van der Waals surface area contributed by atoms with E-state index in [9.17, 15) is 0 Å². The number of fused-ring (bicyclic) bond motifs is 1. The van der Waals surface area contributed by atoms with Crippen LogP contribution in [0.1, 0.15) is 18.9 Å². The lowest BCUT2D eigenvalue weighted by molar-refractivity contribution is 0.349. The number of rotatable bonds is 5. The topological polar surface area (TPSA) is 28.1 Å². The largest absolute Gasteiger partial charge is 0.497 e. The van der Waals surface area contributed by atoms with Gasteiger partial charge >= 0.3 is 0 Å². The molecular formula is C22H24ClN3O. The van der Waals surface area contributed by atoms with Gasteiger partial charge in [0, 0.05) is 30.8 Å². The van der Waals surface area contributed by atoms with Crippen molar-refractivity contribution in [2.45, 2.75) is 19.8 Å². The van der Waals surface area contributed by atoms with Crippen LogP contribution in [0, 0.1) is 0 Å². The van der Waals surface area contributed by atoms with Gasteiger partial charge in [0.25, 0.3) is 0 Å². The molecule has 0 aromatic heterocycles. The number of halogens is 1. The van der Waals surface area contributed by atoms with Gasteiger partial charge in [-0.2, -0.15) is 5.10 Å². The lowest BCUT2D eigenvalue weighted by Gasteiger charge is -2.31. The lowest BCUT2D eigenvalue weighted by atomic mass is 10.0. The van der Waals surface area contributed by atoms with E-state index in [4.69, 9.17) is 21.4 Å². The number of hydrazone groups is 1. The fourth-order valence-electron chi connectivity index (χ4n) is 3.78. The highest BCUT2D eigenvalue weighted by Gasteiger charge is 2.29. The van der Waals surface area contributed by atoms with Crippen molar-refractivity contribution >= 4 is 23.0 Å². The van der Waals surface area contributed by atoms with Gasteiger partial charge in [-0.25, -0.2) is 0 Å². The van der Waals surface area contributed by atoms with Crippen molar-refractivity contribution in [1.82, 2.24) is 4.90 Å². The number of para-hydroxylation sites is 1. The van der Waals surface area contributed by atoms with Gasteiger partial charge in [0.2, 0.25) is 0 Å². The molecule has 0 radical (unpaired) electrons. The van der Waals surface area contributed by atoms with Crippen molar-refractivity contribution in [2.75, 3.05) is 31.8 Å².